The van der Waals surface area contributed by atoms with Gasteiger partial charge in [-0.3, -0.25) is 49.3 Å². The molecular formula is C49H59F3N8O7. The third-order valence-electron chi connectivity index (χ3n) is 14.1. The number of imide groups is 2. The van der Waals surface area contributed by atoms with E-state index in [9.17, 15) is 42.3 Å². The zero-order valence-corrected chi connectivity index (χ0v) is 36.7. The van der Waals surface area contributed by atoms with Crippen molar-refractivity contribution in [3.63, 3.8) is 0 Å². The molecular weight excluding hydrogens is 870 g/mol. The molecule has 9 rings (SSSR count). The number of nitrogens with zero attached hydrogens (tertiary/aromatic N) is 6. The first-order valence-corrected chi connectivity index (χ1v) is 23.1. The predicted molar refractivity (Wildman–Crippen MR) is 243 cm³/mol. The lowest BCUT2D eigenvalue weighted by Crippen LogP contribution is -2.54. The fraction of sp³-hybridized carbons (Fsp3) is 0.510. The van der Waals surface area contributed by atoms with Gasteiger partial charge in [-0.1, -0.05) is 19.6 Å². The number of aliphatic hydroxyl groups excluding tert-OH is 1. The van der Waals surface area contributed by atoms with E-state index >= 15 is 0 Å². The van der Waals surface area contributed by atoms with Crippen LogP contribution in [0.2, 0.25) is 0 Å². The van der Waals surface area contributed by atoms with Gasteiger partial charge in [0.05, 0.1) is 27.7 Å². The first kappa shape index (κ1) is 47.8. The van der Waals surface area contributed by atoms with Gasteiger partial charge < -0.3 is 19.3 Å². The number of rotatable bonds is 13. The molecule has 5 heterocycles. The molecule has 1 aromatic heterocycles. The van der Waals surface area contributed by atoms with Gasteiger partial charge in [0.1, 0.15) is 18.4 Å². The molecule has 67 heavy (non-hydrogen) atoms. The number of nitrogens with one attached hydrogen (secondary N) is 2. The van der Waals surface area contributed by atoms with Crippen molar-refractivity contribution in [3.05, 3.63) is 88.5 Å². The van der Waals surface area contributed by atoms with Crippen molar-refractivity contribution in [2.45, 2.75) is 83.6 Å². The lowest BCUT2D eigenvalue weighted by molar-refractivity contribution is -0.138. The zero-order chi connectivity index (χ0) is 46.1. The molecule has 3 saturated heterocycles. The number of hydrogen-bond donors (Lipinski definition) is 3. The van der Waals surface area contributed by atoms with Crippen LogP contribution in [0.5, 0.6) is 5.75 Å². The molecule has 5 amide bonds. The van der Waals surface area contributed by atoms with Crippen LogP contribution in [-0.2, 0) is 22.3 Å². The topological polar surface area (TPSA) is 170 Å². The second-order valence-electron chi connectivity index (χ2n) is 18.4. The van der Waals surface area contributed by atoms with E-state index in [-0.39, 0.29) is 55.5 Å². The molecule has 1 atom stereocenters. The summed E-state index contributed by atoms with van der Waals surface area (Å²) in [6.45, 7) is 8.77. The third-order valence-corrected chi connectivity index (χ3v) is 14.1. The number of carbonyl (C=O) groups is 5. The van der Waals surface area contributed by atoms with Gasteiger partial charge in [-0.15, -0.1) is 0 Å². The third kappa shape index (κ3) is 10.6. The molecule has 358 valence electrons. The number of piperazine rings is 1. The highest BCUT2D eigenvalue weighted by Gasteiger charge is 2.45. The summed E-state index contributed by atoms with van der Waals surface area (Å²) in [4.78, 5) is 76.7. The molecule has 0 bridgehead atoms. The molecule has 4 aromatic rings. The number of ether oxygens (including phenoxy) is 1. The van der Waals surface area contributed by atoms with E-state index < -0.39 is 47.3 Å². The van der Waals surface area contributed by atoms with Crippen molar-refractivity contribution in [1.82, 2.24) is 34.5 Å². The fourth-order valence-corrected chi connectivity index (χ4v) is 10.3. The summed E-state index contributed by atoms with van der Waals surface area (Å²) >= 11 is 0. The molecule has 1 unspecified atom stereocenters. The average Bonchev–Trinajstić information content (AvgIpc) is 3.79. The number of fused-ring (bicyclic) bond motifs is 2. The van der Waals surface area contributed by atoms with Crippen molar-refractivity contribution in [1.29, 1.82) is 0 Å². The first-order valence-electron chi connectivity index (χ1n) is 23.1. The van der Waals surface area contributed by atoms with Crippen LogP contribution < -0.4 is 15.4 Å². The highest BCUT2D eigenvalue weighted by Crippen LogP contribution is 2.38. The first-order chi connectivity index (χ1) is 31.8. The van der Waals surface area contributed by atoms with Crippen molar-refractivity contribution < 1.29 is 47.0 Å². The summed E-state index contributed by atoms with van der Waals surface area (Å²) in [7, 11) is 0. The van der Waals surface area contributed by atoms with Gasteiger partial charge in [0.15, 0.2) is 0 Å². The molecule has 0 radical (unpaired) electrons. The summed E-state index contributed by atoms with van der Waals surface area (Å²) in [6.07, 6.45) is 0.994. The van der Waals surface area contributed by atoms with Crippen LogP contribution in [-0.4, -0.2) is 135 Å². The van der Waals surface area contributed by atoms with Crippen LogP contribution >= 0.6 is 0 Å². The van der Waals surface area contributed by atoms with Gasteiger partial charge >= 0.3 is 6.18 Å². The number of amides is 5. The maximum Gasteiger partial charge on any atom is 0.416 e. The van der Waals surface area contributed by atoms with E-state index in [0.29, 0.717) is 29.7 Å². The Bertz CT molecular complexity index is 2490. The average molecular weight is 929 g/mol. The van der Waals surface area contributed by atoms with Gasteiger partial charge in [-0.05, 0) is 124 Å². The molecule has 5 aliphatic rings. The number of hydrogen-bond acceptors (Lipinski definition) is 11. The minimum atomic E-state index is -4.57. The Morgan fingerprint density at radius 1 is 0.806 bits per heavy atom. The Kier molecular flexibility index (Phi) is 14.5. The number of benzene rings is 3. The predicted octanol–water partition coefficient (Wildman–Crippen LogP) is 5.98. The lowest BCUT2D eigenvalue weighted by Gasteiger charge is -2.39. The summed E-state index contributed by atoms with van der Waals surface area (Å²) < 4.78 is 48.4. The van der Waals surface area contributed by atoms with Crippen LogP contribution in [0.25, 0.3) is 11.0 Å². The molecule has 3 N–H and O–H groups in total. The molecule has 1 saturated carbocycles. The van der Waals surface area contributed by atoms with Crippen LogP contribution in [0.4, 0.5) is 19.1 Å². The van der Waals surface area contributed by atoms with Gasteiger partial charge in [-0.2, -0.15) is 13.2 Å². The van der Waals surface area contributed by atoms with Crippen LogP contribution in [0.1, 0.15) is 107 Å². The second-order valence-corrected chi connectivity index (χ2v) is 18.4. The number of carbonyl (C=O) groups excluding carboxylic acids is 5. The Morgan fingerprint density at radius 3 is 2.25 bits per heavy atom. The molecule has 4 fully saturated rings. The van der Waals surface area contributed by atoms with E-state index in [2.05, 4.69) is 31.4 Å². The van der Waals surface area contributed by atoms with E-state index in [1.54, 1.807) is 18.2 Å². The minimum Gasteiger partial charge on any atom is -0.492 e. The number of halogens is 3. The Morgan fingerprint density at radius 2 is 1.54 bits per heavy atom. The van der Waals surface area contributed by atoms with E-state index in [1.165, 1.54) is 12.1 Å². The number of alkyl halides is 3. The molecule has 0 spiro atoms. The summed E-state index contributed by atoms with van der Waals surface area (Å²) in [5.74, 6) is -1.21. The van der Waals surface area contributed by atoms with Crippen LogP contribution in [0.3, 0.4) is 0 Å². The number of likely N-dealkylation sites (tertiary alicyclic amines) is 1. The monoisotopic (exact) mass is 928 g/mol. The quantitative estimate of drug-likeness (QED) is 0.135. The number of imidazole rings is 1. The van der Waals surface area contributed by atoms with E-state index in [1.807, 2.05) is 16.7 Å². The fourth-order valence-electron chi connectivity index (χ4n) is 10.3. The maximum absolute atomic E-state index is 13.5. The normalized spacial score (nSPS) is 22.4. The van der Waals surface area contributed by atoms with Crippen molar-refractivity contribution >= 4 is 46.5 Å². The molecule has 1 aliphatic carbocycles. The molecule has 15 nitrogen and oxygen atoms in total. The molecule has 4 aliphatic heterocycles. The van der Waals surface area contributed by atoms with Crippen molar-refractivity contribution in [2.24, 2.45) is 11.8 Å². The Balaban J connectivity index is 0.00000608. The van der Waals surface area contributed by atoms with Gasteiger partial charge in [0.2, 0.25) is 17.8 Å². The lowest BCUT2D eigenvalue weighted by atomic mass is 9.86. The van der Waals surface area contributed by atoms with Crippen molar-refractivity contribution in [3.8, 4) is 5.75 Å². The summed E-state index contributed by atoms with van der Waals surface area (Å²) in [5, 5.41) is 14.8. The maximum atomic E-state index is 13.5. The molecule has 18 heteroatoms. The number of aliphatic hydroxyl groups is 1. The largest absolute Gasteiger partial charge is 0.492 e. The minimum absolute atomic E-state index is 0. The van der Waals surface area contributed by atoms with Gasteiger partial charge in [-0.25, -0.2) is 4.98 Å². The van der Waals surface area contributed by atoms with Crippen LogP contribution in [0.15, 0.2) is 60.7 Å². The highest BCUT2D eigenvalue weighted by atomic mass is 19.4. The second kappa shape index (κ2) is 20.3. The summed E-state index contributed by atoms with van der Waals surface area (Å²) in [6, 6.07) is 14.4. The van der Waals surface area contributed by atoms with Gasteiger partial charge in [0.25, 0.3) is 17.7 Å². The van der Waals surface area contributed by atoms with Crippen LogP contribution in [0, 0.1) is 11.8 Å². The molecule has 3 aromatic carbocycles. The van der Waals surface area contributed by atoms with Gasteiger partial charge in [0, 0.05) is 70.4 Å². The van der Waals surface area contributed by atoms with E-state index in [4.69, 9.17) is 9.72 Å². The smallest absolute Gasteiger partial charge is 0.416 e. The number of aromatic nitrogens is 2. The number of piperidine rings is 2. The highest BCUT2D eigenvalue weighted by molar-refractivity contribution is 6.23. The Labute approximate surface area is 387 Å². The van der Waals surface area contributed by atoms with Crippen molar-refractivity contribution in [2.75, 3.05) is 70.9 Å². The number of anilines is 1. The SMILES string of the molecule is C.O=C1CCC(N2C(=O)c3ccc(OCCN4CCC(CN5CCN(Cc6ccc7c(c6)nc(NC(=O)c6cccc(C(F)(F)F)c6)n7C6CCC(CO)CC6)CC5)CC4)cc3C2=O)C(=O)N1. The summed E-state index contributed by atoms with van der Waals surface area (Å²) in [5.41, 5.74) is 2.09. The standard InChI is InChI=1S/C48H55F3N8O7.CH4/c49-48(50,51)34-3-1-2-33(25-34)43(62)54-47-52-39-24-32(6-11-40(39)58(47)35-7-4-31(29-60)5-8-35)28-57-20-18-56(19-21-57)27-30-14-16-55(17-15-30)22-23-66-36-9-10-37-38(26-36)46(65)59(45(37)64)41-12-13-42(61)53-44(41)63;/h1-3,6,9-11,24-26,30-31,35,41,60H,4-5,7-8,12-23,27-29H2,(H,52,54,62)(H,53,61,63);1H4. The zero-order valence-electron chi connectivity index (χ0n) is 36.7. The Hall–Kier alpha value is -5.69. The van der Waals surface area contributed by atoms with E-state index in [0.717, 1.165) is 126 Å².